The van der Waals surface area contributed by atoms with Gasteiger partial charge in [0.15, 0.2) is 0 Å². The lowest BCUT2D eigenvalue weighted by molar-refractivity contribution is -0.0756. The van der Waals surface area contributed by atoms with Crippen LogP contribution in [0.5, 0.6) is 0 Å². The average Bonchev–Trinajstić information content (AvgIpc) is 1.69. The monoisotopic (exact) mass is 146 g/mol. The van der Waals surface area contributed by atoms with E-state index in [2.05, 4.69) is 0 Å². The zero-order chi connectivity index (χ0) is 6.57. The van der Waals surface area contributed by atoms with Crippen LogP contribution in [0.3, 0.4) is 0 Å². The van der Waals surface area contributed by atoms with E-state index in [0.717, 1.165) is 0 Å². The molecule has 6 heteroatoms. The van der Waals surface area contributed by atoms with Crippen LogP contribution in [-0.2, 0) is 0 Å². The fraction of sp³-hybridized carbons (Fsp3) is 0.500. The summed E-state index contributed by atoms with van der Waals surface area (Å²) in [5.41, 5.74) is 0. The van der Waals surface area contributed by atoms with Gasteiger partial charge in [-0.05, 0) is 5.34 Å². The molecule has 0 aromatic rings. The summed E-state index contributed by atoms with van der Waals surface area (Å²) in [5, 5.41) is 0.188. The van der Waals surface area contributed by atoms with Crippen molar-refractivity contribution in [3.05, 3.63) is 0 Å². The van der Waals surface area contributed by atoms with Gasteiger partial charge in [-0.3, -0.25) is 0 Å². The van der Waals surface area contributed by atoms with Crippen molar-refractivity contribution in [2.45, 2.75) is 0 Å². The molecular weight excluding hydrogens is 144 g/mol. The van der Waals surface area contributed by atoms with Crippen molar-refractivity contribution in [3.8, 4) is 0 Å². The van der Waals surface area contributed by atoms with Crippen molar-refractivity contribution in [1.82, 2.24) is 5.34 Å². The van der Waals surface area contributed by atoms with Crippen LogP contribution in [0.4, 0.5) is 13.4 Å². The third-order valence-corrected chi connectivity index (χ3v) is 0.651. The highest BCUT2D eigenvalue weighted by atomic mass is 35.5. The average molecular weight is 146 g/mol. The largest absolute Gasteiger partial charge is 0.217 e. The molecule has 0 amide bonds. The van der Waals surface area contributed by atoms with Crippen molar-refractivity contribution < 1.29 is 13.4 Å². The van der Waals surface area contributed by atoms with Crippen LogP contribution in [0.2, 0.25) is 0 Å². The van der Waals surface area contributed by atoms with Gasteiger partial charge in [0.25, 0.3) is 0 Å². The normalized spacial score (nSPS) is 11.8. The summed E-state index contributed by atoms with van der Waals surface area (Å²) in [6.45, 7) is 0. The zero-order valence-electron chi connectivity index (χ0n) is 3.61. The Hall–Kier alpha value is -0.450. The van der Waals surface area contributed by atoms with Crippen molar-refractivity contribution in [2.24, 2.45) is 5.21 Å². The lowest BCUT2D eigenvalue weighted by Gasteiger charge is -1.96. The Kier molecular flexibility index (Phi) is 3.34. The van der Waals surface area contributed by atoms with Gasteiger partial charge >= 0.3 is 0 Å². The maximum Gasteiger partial charge on any atom is 0.217 e. The first kappa shape index (κ1) is 7.55. The smallest absolute Gasteiger partial charge is 0.118 e. The van der Waals surface area contributed by atoms with E-state index in [1.54, 1.807) is 5.21 Å². The number of hydrogen-bond donors (Lipinski definition) is 0. The Morgan fingerprint density at radius 1 is 1.62 bits per heavy atom. The number of alkyl halides is 1. The van der Waals surface area contributed by atoms with E-state index in [1.165, 1.54) is 0 Å². The van der Waals surface area contributed by atoms with Gasteiger partial charge in [-0.2, -0.15) is 0 Å². The van der Waals surface area contributed by atoms with Crippen molar-refractivity contribution >= 4 is 17.4 Å². The molecule has 0 aromatic carbocycles. The number of amidine groups is 1. The molecule has 0 unspecified atom stereocenters. The minimum absolute atomic E-state index is 0.635. The minimum Gasteiger partial charge on any atom is -0.118 e. The van der Waals surface area contributed by atoms with Gasteiger partial charge in [-0.1, -0.05) is 18.7 Å². The summed E-state index contributed by atoms with van der Waals surface area (Å²) >= 11 is 4.77. The van der Waals surface area contributed by atoms with Gasteiger partial charge < -0.3 is 0 Å². The molecule has 0 atom stereocenters. The second-order valence-electron chi connectivity index (χ2n) is 0.867. The third kappa shape index (κ3) is 2.02. The van der Waals surface area contributed by atoms with E-state index in [9.17, 15) is 13.4 Å². The van der Waals surface area contributed by atoms with E-state index in [4.69, 9.17) is 11.6 Å². The molecule has 0 spiro atoms. The summed E-state index contributed by atoms with van der Waals surface area (Å²) in [4.78, 5) is 0. The number of halogens is 4. The Morgan fingerprint density at radius 3 is 2.12 bits per heavy atom. The summed E-state index contributed by atoms with van der Waals surface area (Å²) in [6, 6.07) is 0. The highest BCUT2D eigenvalue weighted by Gasteiger charge is 2.06. The molecule has 48 valence electrons. The van der Waals surface area contributed by atoms with E-state index >= 15 is 0 Å². The van der Waals surface area contributed by atoms with Gasteiger partial charge in [0.05, 0.1) is 5.88 Å². The molecule has 0 N–H and O–H groups in total. The second kappa shape index (κ2) is 3.54. The molecule has 0 aliphatic rings. The highest BCUT2D eigenvalue weighted by Crippen LogP contribution is 1.95. The Labute approximate surface area is 48.4 Å². The molecule has 8 heavy (non-hydrogen) atoms. The van der Waals surface area contributed by atoms with Gasteiger partial charge in [-0.25, -0.2) is 0 Å². The van der Waals surface area contributed by atoms with Crippen LogP contribution >= 0.6 is 11.6 Å². The summed E-state index contributed by atoms with van der Waals surface area (Å²) < 4.78 is 33.0. The van der Waals surface area contributed by atoms with Gasteiger partial charge in [0, 0.05) is 0 Å². The maximum atomic E-state index is 11.1. The molecule has 0 aliphatic heterocycles. The first-order valence-corrected chi connectivity index (χ1v) is 2.11. The van der Waals surface area contributed by atoms with Crippen LogP contribution in [0.1, 0.15) is 0 Å². The van der Waals surface area contributed by atoms with E-state index in [0.29, 0.717) is 0 Å². The van der Waals surface area contributed by atoms with E-state index < -0.39 is 17.1 Å². The van der Waals surface area contributed by atoms with Gasteiger partial charge in [-0.15, -0.1) is 11.6 Å². The predicted octanol–water partition coefficient (Wildman–Crippen LogP) is 1.58. The Bertz CT molecular complexity index is 93.3. The minimum atomic E-state index is -1.48. The van der Waals surface area contributed by atoms with E-state index in [-0.39, 0.29) is 0 Å². The topological polar surface area (TPSA) is 15.6 Å². The second-order valence-corrected chi connectivity index (χ2v) is 1.13. The van der Waals surface area contributed by atoms with Crippen LogP contribution in [0, 0.1) is 0 Å². The molecule has 0 fully saturated rings. The quantitative estimate of drug-likeness (QED) is 0.237. The van der Waals surface area contributed by atoms with Crippen LogP contribution in [-0.4, -0.2) is 17.1 Å². The van der Waals surface area contributed by atoms with Crippen molar-refractivity contribution in [1.29, 1.82) is 0 Å². The van der Waals surface area contributed by atoms with Gasteiger partial charge in [0.1, 0.15) is 0 Å². The van der Waals surface area contributed by atoms with Crippen molar-refractivity contribution in [2.75, 3.05) is 5.88 Å². The SMILES string of the molecule is F/N=C(/CCl)N(F)F. The maximum absolute atomic E-state index is 11.1. The summed E-state index contributed by atoms with van der Waals surface area (Å²) in [7, 11) is 0. The number of hydrogen-bond acceptors (Lipinski definition) is 1. The Morgan fingerprint density at radius 2 is 2.12 bits per heavy atom. The standard InChI is InChI=1S/C2H2ClF3N2/c3-1-2(7-4)8(5)6/h1H2/b7-2-. The molecule has 0 bridgehead atoms. The van der Waals surface area contributed by atoms with E-state index in [1.807, 2.05) is 0 Å². The van der Waals surface area contributed by atoms with Crippen LogP contribution in [0.25, 0.3) is 0 Å². The predicted molar refractivity (Wildman–Crippen MR) is 23.3 cm³/mol. The molecule has 0 aromatic heterocycles. The van der Waals surface area contributed by atoms with Crippen LogP contribution in [0.15, 0.2) is 5.21 Å². The molecule has 0 rings (SSSR count). The third-order valence-electron chi connectivity index (χ3n) is 0.412. The highest BCUT2D eigenvalue weighted by molar-refractivity contribution is 6.27. The Balaban J connectivity index is 3.72. The fourth-order valence-corrected chi connectivity index (χ4v) is 0.232. The molecular formula is C2H2ClF3N2. The zero-order valence-corrected chi connectivity index (χ0v) is 4.37. The lowest BCUT2D eigenvalue weighted by atomic mass is 10.7. The molecule has 0 saturated heterocycles. The van der Waals surface area contributed by atoms with Crippen LogP contribution < -0.4 is 0 Å². The fourth-order valence-electron chi connectivity index (χ4n) is 0.0963. The first-order valence-electron chi connectivity index (χ1n) is 1.58. The number of nitrogens with zero attached hydrogens (tertiary/aromatic N) is 2. The molecule has 0 heterocycles. The molecule has 2 nitrogen and oxygen atoms in total. The lowest BCUT2D eigenvalue weighted by Crippen LogP contribution is -2.14. The first-order chi connectivity index (χ1) is 3.72. The summed E-state index contributed by atoms with van der Waals surface area (Å²) in [6.07, 6.45) is 0. The van der Waals surface area contributed by atoms with Gasteiger partial charge in [0.2, 0.25) is 5.84 Å². The van der Waals surface area contributed by atoms with Crippen molar-refractivity contribution in [3.63, 3.8) is 0 Å². The molecule has 0 radical (unpaired) electrons. The summed E-state index contributed by atoms with van der Waals surface area (Å²) in [5.74, 6) is -1.73. The number of rotatable bonds is 1. The molecule has 0 saturated carbocycles. The molecule has 0 aliphatic carbocycles.